The molecule has 2 rings (SSSR count). The predicted molar refractivity (Wildman–Crippen MR) is 82.9 cm³/mol. The Morgan fingerprint density at radius 3 is 2.16 bits per heavy atom. The smallest absolute Gasteiger partial charge is 0.0936 e. The average Bonchev–Trinajstić information content (AvgIpc) is 2.65. The second-order valence-corrected chi connectivity index (χ2v) is 6.89. The molecule has 0 heterocycles. The van der Waals surface area contributed by atoms with Crippen LogP contribution in [0, 0.1) is 5.41 Å². The van der Waals surface area contributed by atoms with Crippen LogP contribution < -0.4 is 5.73 Å². The number of hydrogen-bond donors (Lipinski definition) is 2. The molecule has 0 aromatic heterocycles. The molecule has 2 nitrogen and oxygen atoms in total. The van der Waals surface area contributed by atoms with Crippen molar-refractivity contribution in [2.75, 3.05) is 6.54 Å². The lowest BCUT2D eigenvalue weighted by Gasteiger charge is -2.45. The minimum absolute atomic E-state index is 0.183. The van der Waals surface area contributed by atoms with Crippen LogP contribution in [0.15, 0.2) is 28.7 Å². The molecule has 1 unspecified atom stereocenters. The molecule has 3 N–H and O–H groups in total. The van der Waals surface area contributed by atoms with Crippen molar-refractivity contribution in [2.24, 2.45) is 11.1 Å². The molecule has 1 fully saturated rings. The van der Waals surface area contributed by atoms with Gasteiger partial charge in [0.1, 0.15) is 0 Å². The first-order valence-electron chi connectivity index (χ1n) is 7.20. The first kappa shape index (κ1) is 15.0. The van der Waals surface area contributed by atoms with Gasteiger partial charge in [0, 0.05) is 16.4 Å². The van der Waals surface area contributed by atoms with E-state index in [9.17, 15) is 5.11 Å². The van der Waals surface area contributed by atoms with Crippen LogP contribution in [0.3, 0.4) is 0 Å². The molecule has 1 aromatic carbocycles. The summed E-state index contributed by atoms with van der Waals surface area (Å²) in [5.41, 5.74) is 6.03. The zero-order valence-electron chi connectivity index (χ0n) is 11.7. The summed E-state index contributed by atoms with van der Waals surface area (Å²) < 4.78 is 1.04. The fourth-order valence-corrected chi connectivity index (χ4v) is 3.64. The first-order valence-corrected chi connectivity index (χ1v) is 8.00. The summed E-state index contributed by atoms with van der Waals surface area (Å²) in [7, 11) is 0. The summed E-state index contributed by atoms with van der Waals surface area (Å²) in [4.78, 5) is 0. The summed E-state index contributed by atoms with van der Waals surface area (Å²) >= 11 is 3.44. The van der Waals surface area contributed by atoms with E-state index in [1.54, 1.807) is 0 Å². The highest BCUT2D eigenvalue weighted by Gasteiger charge is 2.46. The molecular weight excluding hydrogens is 302 g/mol. The van der Waals surface area contributed by atoms with Crippen LogP contribution in [-0.2, 0) is 5.60 Å². The van der Waals surface area contributed by atoms with Crippen LogP contribution in [0.1, 0.15) is 51.0 Å². The molecule has 0 saturated heterocycles. The van der Waals surface area contributed by atoms with Crippen LogP contribution in [0.4, 0.5) is 0 Å². The fraction of sp³-hybridized carbons (Fsp3) is 0.625. The Hall–Kier alpha value is -0.380. The molecule has 106 valence electrons. The van der Waals surface area contributed by atoms with Crippen molar-refractivity contribution in [3.8, 4) is 0 Å². The number of aliphatic hydroxyl groups is 1. The number of rotatable bonds is 3. The minimum Gasteiger partial charge on any atom is -0.385 e. The van der Waals surface area contributed by atoms with Gasteiger partial charge in [-0.2, -0.15) is 0 Å². The highest BCUT2D eigenvalue weighted by molar-refractivity contribution is 9.10. The number of nitrogens with two attached hydrogens (primary N) is 1. The van der Waals surface area contributed by atoms with Crippen molar-refractivity contribution in [2.45, 2.75) is 51.0 Å². The van der Waals surface area contributed by atoms with Gasteiger partial charge in [-0.25, -0.2) is 0 Å². The van der Waals surface area contributed by atoms with Gasteiger partial charge in [-0.3, -0.25) is 0 Å². The quantitative estimate of drug-likeness (QED) is 0.826. The van der Waals surface area contributed by atoms with Gasteiger partial charge in [0.2, 0.25) is 0 Å². The van der Waals surface area contributed by atoms with E-state index in [4.69, 9.17) is 5.73 Å². The number of hydrogen-bond acceptors (Lipinski definition) is 2. The second-order valence-electron chi connectivity index (χ2n) is 5.98. The molecule has 1 aromatic rings. The van der Waals surface area contributed by atoms with Gasteiger partial charge in [-0.1, -0.05) is 53.7 Å². The predicted octanol–water partition coefficient (Wildman–Crippen LogP) is 3.96. The molecule has 0 radical (unpaired) electrons. The molecule has 3 heteroatoms. The van der Waals surface area contributed by atoms with Crippen LogP contribution in [0.2, 0.25) is 0 Å². The standard InChI is InChI=1S/C16H24BrNO/c1-15(19,13-6-8-14(17)9-7-13)16(12-18)10-4-2-3-5-11-16/h6-9,19H,2-5,10-12,18H2,1H3. The third kappa shape index (κ3) is 2.88. The van der Waals surface area contributed by atoms with Crippen molar-refractivity contribution in [3.63, 3.8) is 0 Å². The van der Waals surface area contributed by atoms with Gasteiger partial charge in [-0.05, 0) is 37.5 Å². The summed E-state index contributed by atoms with van der Waals surface area (Å²) in [5, 5.41) is 11.2. The van der Waals surface area contributed by atoms with Gasteiger partial charge < -0.3 is 10.8 Å². The van der Waals surface area contributed by atoms with E-state index in [0.717, 1.165) is 22.9 Å². The highest BCUT2D eigenvalue weighted by atomic mass is 79.9. The number of benzene rings is 1. The third-order valence-corrected chi connectivity index (χ3v) is 5.42. The zero-order chi connectivity index (χ0) is 13.9. The largest absolute Gasteiger partial charge is 0.385 e. The zero-order valence-corrected chi connectivity index (χ0v) is 13.2. The van der Waals surface area contributed by atoms with E-state index in [-0.39, 0.29) is 5.41 Å². The Morgan fingerprint density at radius 2 is 1.68 bits per heavy atom. The van der Waals surface area contributed by atoms with Crippen molar-refractivity contribution < 1.29 is 5.11 Å². The Labute approximate surface area is 124 Å². The van der Waals surface area contributed by atoms with Crippen molar-refractivity contribution in [1.29, 1.82) is 0 Å². The van der Waals surface area contributed by atoms with Gasteiger partial charge >= 0.3 is 0 Å². The highest BCUT2D eigenvalue weighted by Crippen LogP contribution is 2.48. The minimum atomic E-state index is -0.854. The average molecular weight is 326 g/mol. The maximum Gasteiger partial charge on any atom is 0.0936 e. The molecule has 1 saturated carbocycles. The Kier molecular flexibility index (Phi) is 4.70. The van der Waals surface area contributed by atoms with Crippen LogP contribution in [0.25, 0.3) is 0 Å². The van der Waals surface area contributed by atoms with Gasteiger partial charge in [-0.15, -0.1) is 0 Å². The first-order chi connectivity index (χ1) is 9.02. The fourth-order valence-electron chi connectivity index (χ4n) is 3.38. The molecule has 0 bridgehead atoms. The molecule has 1 aliphatic carbocycles. The molecule has 0 aliphatic heterocycles. The van der Waals surface area contributed by atoms with Gasteiger partial charge in [0.25, 0.3) is 0 Å². The van der Waals surface area contributed by atoms with Crippen LogP contribution in [-0.4, -0.2) is 11.7 Å². The molecular formula is C16H24BrNO. The van der Waals surface area contributed by atoms with Crippen molar-refractivity contribution >= 4 is 15.9 Å². The SMILES string of the molecule is CC(O)(c1ccc(Br)cc1)C1(CN)CCCCCC1. The monoisotopic (exact) mass is 325 g/mol. The summed E-state index contributed by atoms with van der Waals surface area (Å²) in [6.07, 6.45) is 6.91. The summed E-state index contributed by atoms with van der Waals surface area (Å²) in [5.74, 6) is 0. The van der Waals surface area contributed by atoms with E-state index in [2.05, 4.69) is 15.9 Å². The van der Waals surface area contributed by atoms with Crippen molar-refractivity contribution in [3.05, 3.63) is 34.3 Å². The third-order valence-electron chi connectivity index (χ3n) is 4.89. The van der Waals surface area contributed by atoms with E-state index >= 15 is 0 Å². The second kappa shape index (κ2) is 5.94. The molecule has 0 amide bonds. The summed E-state index contributed by atoms with van der Waals surface area (Å²) in [6.45, 7) is 2.49. The van der Waals surface area contributed by atoms with Gasteiger partial charge in [0.05, 0.1) is 5.60 Å². The lowest BCUT2D eigenvalue weighted by molar-refractivity contribution is -0.0814. The topological polar surface area (TPSA) is 46.2 Å². The Bertz CT molecular complexity index is 405. The van der Waals surface area contributed by atoms with E-state index in [1.807, 2.05) is 31.2 Å². The number of halogens is 1. The van der Waals surface area contributed by atoms with Crippen LogP contribution >= 0.6 is 15.9 Å². The normalized spacial score (nSPS) is 22.5. The van der Waals surface area contributed by atoms with E-state index in [0.29, 0.717) is 6.54 Å². The molecule has 1 aliphatic rings. The van der Waals surface area contributed by atoms with Crippen LogP contribution in [0.5, 0.6) is 0 Å². The Balaban J connectivity index is 2.36. The summed E-state index contributed by atoms with van der Waals surface area (Å²) in [6, 6.07) is 7.99. The van der Waals surface area contributed by atoms with Crippen molar-refractivity contribution in [1.82, 2.24) is 0 Å². The van der Waals surface area contributed by atoms with E-state index < -0.39 is 5.60 Å². The molecule has 19 heavy (non-hydrogen) atoms. The maximum absolute atomic E-state index is 11.2. The van der Waals surface area contributed by atoms with Gasteiger partial charge in [0.15, 0.2) is 0 Å². The Morgan fingerprint density at radius 1 is 1.16 bits per heavy atom. The molecule has 1 atom stereocenters. The van der Waals surface area contributed by atoms with E-state index in [1.165, 1.54) is 25.7 Å². The lowest BCUT2D eigenvalue weighted by atomic mass is 9.65. The lowest BCUT2D eigenvalue weighted by Crippen LogP contribution is -2.48. The maximum atomic E-state index is 11.2. The molecule has 0 spiro atoms.